The molecule has 3 aliphatic rings. The van der Waals surface area contributed by atoms with Crippen LogP contribution in [0.15, 0.2) is 25.3 Å². The highest BCUT2D eigenvalue weighted by Crippen LogP contribution is 2.60. The van der Waals surface area contributed by atoms with Gasteiger partial charge in [-0.1, -0.05) is 24.5 Å². The maximum atomic E-state index is 13.8. The van der Waals surface area contributed by atoms with E-state index in [1.165, 1.54) is 34.4 Å². The lowest BCUT2D eigenvalue weighted by Crippen LogP contribution is -2.39. The number of ether oxygens (including phenoxy) is 4. The van der Waals surface area contributed by atoms with Gasteiger partial charge in [0, 0.05) is 6.54 Å². The molecule has 4 aromatic rings. The monoisotopic (exact) mass is 791 g/mol. The lowest BCUT2D eigenvalue weighted by molar-refractivity contribution is -0.0628. The van der Waals surface area contributed by atoms with Gasteiger partial charge in [0.25, 0.3) is 0 Å². The highest BCUT2D eigenvalue weighted by atomic mass is 32.7. The second-order valence-corrected chi connectivity index (χ2v) is 17.0. The summed E-state index contributed by atoms with van der Waals surface area (Å²) in [4.78, 5) is 37.6. The number of imidazole rings is 2. The first-order valence-electron chi connectivity index (χ1n) is 15.0. The molecule has 51 heavy (non-hydrogen) atoms. The Bertz CT molecular complexity index is 2030. The molecule has 10 atom stereocenters. The average Bonchev–Trinajstić information content (AvgIpc) is 3.85. The fourth-order valence-electron chi connectivity index (χ4n) is 5.71. The van der Waals surface area contributed by atoms with E-state index < -0.39 is 82.0 Å². The average molecular weight is 792 g/mol. The Hall–Kier alpha value is -3.19. The van der Waals surface area contributed by atoms with Crippen molar-refractivity contribution in [2.24, 2.45) is 0 Å². The number of aromatic nitrogens is 8. The summed E-state index contributed by atoms with van der Waals surface area (Å²) in [6, 6.07) is 0. The molecule has 0 spiro atoms. The smallest absolute Gasteiger partial charge is 0.433 e. The van der Waals surface area contributed by atoms with Crippen LogP contribution in [0.25, 0.3) is 22.3 Å². The summed E-state index contributed by atoms with van der Waals surface area (Å²) in [5.74, 6) is 0.131. The van der Waals surface area contributed by atoms with Crippen molar-refractivity contribution in [3.8, 4) is 0 Å². The molecule has 276 valence electrons. The van der Waals surface area contributed by atoms with Crippen LogP contribution in [0.3, 0.4) is 0 Å². The van der Waals surface area contributed by atoms with Crippen LogP contribution in [0.1, 0.15) is 12.5 Å². The van der Waals surface area contributed by atoms with Crippen LogP contribution in [0.5, 0.6) is 0 Å². The fraction of sp³-hybridized carbons (Fsp3) is 0.542. The number of hydrogen-bond donors (Lipinski definition) is 6. The van der Waals surface area contributed by atoms with Gasteiger partial charge in [-0.2, -0.15) is 0 Å². The number of nitrogens with zero attached hydrogens (tertiary/aromatic N) is 8. The molecule has 3 saturated heterocycles. The van der Waals surface area contributed by atoms with E-state index in [4.69, 9.17) is 48.5 Å². The summed E-state index contributed by atoms with van der Waals surface area (Å²) >= 11 is 8.32. The molecular weight excluding hydrogens is 760 g/mol. The number of nitrogen functional groups attached to an aromatic ring is 2. The molecule has 0 unspecified atom stereocenters. The van der Waals surface area contributed by atoms with Gasteiger partial charge < -0.3 is 40.8 Å². The molecule has 3 fully saturated rings. The van der Waals surface area contributed by atoms with Crippen molar-refractivity contribution in [3.63, 3.8) is 0 Å². The quantitative estimate of drug-likeness (QED) is 0.0675. The van der Waals surface area contributed by atoms with Crippen LogP contribution in [-0.4, -0.2) is 120 Å². The largest absolute Gasteiger partial charge is 0.508 e. The topological polar surface area (TPSA) is 297 Å². The van der Waals surface area contributed by atoms with E-state index in [1.54, 1.807) is 7.05 Å². The van der Waals surface area contributed by atoms with Gasteiger partial charge in [-0.3, -0.25) is 27.2 Å². The minimum atomic E-state index is -4.43. The zero-order chi connectivity index (χ0) is 36.1. The number of nitrogens with two attached hydrogens (primary N) is 2. The number of likely N-dealkylation sites (N-methyl/N-ethyl adjacent to an activating group) is 1. The van der Waals surface area contributed by atoms with Crippen LogP contribution in [0.4, 0.5) is 16.4 Å². The van der Waals surface area contributed by atoms with Gasteiger partial charge in [-0.25, -0.2) is 43.8 Å². The maximum Gasteiger partial charge on any atom is 0.508 e. The number of fused-ring (bicyclic) bond motifs is 5. The van der Waals surface area contributed by atoms with Crippen molar-refractivity contribution in [1.29, 1.82) is 0 Å². The van der Waals surface area contributed by atoms with E-state index >= 15 is 0 Å². The number of thiol groups is 2. The molecule has 23 nitrogen and oxygen atoms in total. The Kier molecular flexibility index (Phi) is 10.2. The fourth-order valence-corrected chi connectivity index (χ4v) is 8.66. The molecule has 0 aromatic carbocycles. The van der Waals surface area contributed by atoms with Crippen molar-refractivity contribution in [1.82, 2.24) is 44.4 Å². The minimum absolute atomic E-state index is 0.0567. The summed E-state index contributed by atoms with van der Waals surface area (Å²) in [6.45, 7) is -9.80. The highest BCUT2D eigenvalue weighted by Gasteiger charge is 2.55. The SMILES string of the molecule is CNCCOC(=O)O[C@@H]1[C@@H]2O[P@@](=O)(S)OC[C@H]3O[C@@H](n4cnc5c(N)ncnc54)[C@H](O[P@](=O)(S)OC[C@H]2O[C@H]1n1cnc2c(N)ncnc21)[C@@H]3O. The van der Waals surface area contributed by atoms with Crippen LogP contribution in [-0.2, 0) is 46.2 Å². The van der Waals surface area contributed by atoms with Crippen LogP contribution < -0.4 is 16.8 Å². The van der Waals surface area contributed by atoms with Gasteiger partial charge in [0.2, 0.25) is 0 Å². The van der Waals surface area contributed by atoms with Crippen molar-refractivity contribution in [2.75, 3.05) is 44.9 Å². The molecule has 3 aliphatic heterocycles. The van der Waals surface area contributed by atoms with Gasteiger partial charge in [-0.15, -0.1) is 0 Å². The first-order valence-corrected chi connectivity index (χ1v) is 20.4. The van der Waals surface area contributed by atoms with Crippen LogP contribution in [0.2, 0.25) is 0 Å². The van der Waals surface area contributed by atoms with E-state index in [0.29, 0.717) is 6.54 Å². The van der Waals surface area contributed by atoms with E-state index in [2.05, 4.69) is 59.7 Å². The molecule has 0 aliphatic carbocycles. The molecule has 0 amide bonds. The Balaban J connectivity index is 1.22. The third-order valence-corrected chi connectivity index (χ3v) is 11.3. The molecule has 0 radical (unpaired) electrons. The van der Waals surface area contributed by atoms with Gasteiger partial charge in [0.15, 0.2) is 41.5 Å². The normalized spacial score (nSPS) is 34.4. The minimum Gasteiger partial charge on any atom is -0.433 e. The van der Waals surface area contributed by atoms with Gasteiger partial charge in [-0.05, 0) is 7.05 Å². The van der Waals surface area contributed by atoms with Gasteiger partial charge >= 0.3 is 19.8 Å². The lowest BCUT2D eigenvalue weighted by atomic mass is 10.1. The summed E-state index contributed by atoms with van der Waals surface area (Å²) in [5.41, 5.74) is 12.7. The lowest BCUT2D eigenvalue weighted by Gasteiger charge is -2.27. The van der Waals surface area contributed by atoms with E-state index in [-0.39, 0.29) is 40.6 Å². The summed E-state index contributed by atoms with van der Waals surface area (Å²) in [6.07, 6.45) is -7.19. The predicted octanol–water partition coefficient (Wildman–Crippen LogP) is 0.621. The Morgan fingerprint density at radius 1 is 0.902 bits per heavy atom. The Morgan fingerprint density at radius 3 is 2.06 bits per heavy atom. The number of rotatable bonds is 6. The second kappa shape index (κ2) is 14.3. The summed E-state index contributed by atoms with van der Waals surface area (Å²) < 4.78 is 76.4. The molecule has 2 bridgehead atoms. The number of carbonyl (C=O) groups is 1. The van der Waals surface area contributed by atoms with E-state index in [9.17, 15) is 19.0 Å². The molecule has 27 heteroatoms. The Labute approximate surface area is 297 Å². The number of anilines is 2. The van der Waals surface area contributed by atoms with Crippen molar-refractivity contribution < 1.29 is 56.1 Å². The van der Waals surface area contributed by atoms with Crippen molar-refractivity contribution in [2.45, 2.75) is 49.1 Å². The molecule has 4 aromatic heterocycles. The second-order valence-electron chi connectivity index (χ2n) is 11.2. The van der Waals surface area contributed by atoms with Crippen LogP contribution >= 0.6 is 38.1 Å². The third kappa shape index (κ3) is 7.26. The predicted molar refractivity (Wildman–Crippen MR) is 178 cm³/mol. The van der Waals surface area contributed by atoms with E-state index in [1.807, 2.05) is 0 Å². The molecule has 7 rings (SSSR count). The van der Waals surface area contributed by atoms with Crippen molar-refractivity contribution >= 4 is 78.2 Å². The summed E-state index contributed by atoms with van der Waals surface area (Å²) in [5, 5.41) is 14.1. The third-order valence-electron chi connectivity index (χ3n) is 8.04. The zero-order valence-corrected chi connectivity index (χ0v) is 29.8. The van der Waals surface area contributed by atoms with Gasteiger partial charge in [0.1, 0.15) is 60.8 Å². The maximum absolute atomic E-state index is 13.8. The number of nitrogens with one attached hydrogen (secondary N) is 1. The highest BCUT2D eigenvalue weighted by molar-refractivity contribution is 8.44. The number of hydrogen-bond acceptors (Lipinski definition) is 21. The molecule has 0 saturated carbocycles. The number of carbonyl (C=O) groups excluding carboxylic acids is 1. The van der Waals surface area contributed by atoms with Crippen molar-refractivity contribution in [3.05, 3.63) is 25.3 Å². The van der Waals surface area contributed by atoms with E-state index in [0.717, 1.165) is 0 Å². The molecular formula is C24H31N11O12P2S2. The zero-order valence-electron chi connectivity index (χ0n) is 26.2. The van der Waals surface area contributed by atoms with Crippen LogP contribution in [0, 0.1) is 0 Å². The number of aliphatic hydroxyl groups is 1. The Morgan fingerprint density at radius 2 is 1.45 bits per heavy atom. The standard InChI is InChI=1S/C24H31N11O12P2S2/c1-27-2-3-40-24(37)45-17-15-11(44-23(17)35-9-33-13-19(26)29-7-31-21(13)35)5-42-49(39,51)47-16-14(36)10(4-41-48(38,50)46-15)43-22(16)34-8-32-12-18(25)28-6-30-20(12)34/h6-11,14-17,22-23,27,36H,2-5H2,1H3,(H,38,50)(H,39,51)(H2,25,28,30)(H2,26,29,31)/t10-,11-,14-,15-,16-,17-,22-,23-,48+,49-/m1/s1. The summed E-state index contributed by atoms with van der Waals surface area (Å²) in [7, 11) is 1.66. The molecule has 7 heterocycles. The molecule has 6 N–H and O–H groups in total. The number of aliphatic hydroxyl groups excluding tert-OH is 1. The first-order chi connectivity index (χ1) is 24.4. The van der Waals surface area contributed by atoms with Gasteiger partial charge in [0.05, 0.1) is 25.9 Å². The first kappa shape index (κ1) is 36.2.